The molecular formula is C107H115ClF12N16O9. The first-order valence-electron chi connectivity index (χ1n) is 47.6. The van der Waals surface area contributed by atoms with Crippen molar-refractivity contribution in [2.45, 2.75) is 164 Å². The van der Waals surface area contributed by atoms with E-state index in [0.29, 0.717) is 22.5 Å². The van der Waals surface area contributed by atoms with Crippen LogP contribution in [0.4, 0.5) is 76.7 Å². The van der Waals surface area contributed by atoms with Gasteiger partial charge in [-0.05, 0) is 166 Å². The minimum absolute atomic E-state index is 0.0128. The van der Waals surface area contributed by atoms with Crippen LogP contribution in [0.3, 0.4) is 0 Å². The molecule has 6 amide bonds. The number of likely N-dealkylation sites (tertiary alicyclic amines) is 3. The molecule has 0 unspecified atom stereocenters. The summed E-state index contributed by atoms with van der Waals surface area (Å²) in [5.41, 5.74) is 1.37. The van der Waals surface area contributed by atoms with Crippen LogP contribution in [0.15, 0.2) is 218 Å². The van der Waals surface area contributed by atoms with Gasteiger partial charge in [0, 0.05) is 70.1 Å². The van der Waals surface area contributed by atoms with Crippen LogP contribution >= 0.6 is 11.6 Å². The number of carbonyl (C=O) groups is 5. The lowest BCUT2D eigenvalue weighted by Gasteiger charge is -2.45. The van der Waals surface area contributed by atoms with Gasteiger partial charge in [-0.25, -0.2) is 101 Å². The van der Waals surface area contributed by atoms with Crippen LogP contribution in [0.1, 0.15) is 145 Å². The maximum Gasteiger partial charge on any atom is 0.410 e. The van der Waals surface area contributed by atoms with Gasteiger partial charge in [0.05, 0.1) is 86.3 Å². The van der Waals surface area contributed by atoms with E-state index in [9.17, 15) is 59.1 Å². The molecule has 0 aliphatic carbocycles. The predicted molar refractivity (Wildman–Crippen MR) is 519 cm³/mol. The maximum absolute atomic E-state index is 16.1. The van der Waals surface area contributed by atoms with Crippen LogP contribution in [0, 0.1) is 86.4 Å². The molecule has 768 valence electrons. The number of rotatable bonds is 27. The molecule has 38 heteroatoms. The smallest absolute Gasteiger partial charge is 0.410 e. The SMILES string of the molecule is CC(C)(C)[C@@H](NC[C@@H]1CN(C(=O)OCc2ccccc2)C[C@@H]1F)c1nc(-c2cc(F)ccc2F)nn1Cc1cccc(F)c1.CC(C)(C)[C@H](c1nc(-c2cc(F)ccc2F)nn1Cc1cccc(F)c1)N(C[C@@H]1CN(C(=O)OCc2ccccc2)C[C@@H]1F)C(=O)Cl.C[C@@H]1CN(C(=O)N(C[C@@H]2CN(C(=O)OCc3ccccc3)C[C@@H]2F)[C@@H](c2nc(-c3cc(F)ccc3F)nn2Cc2cccc(F)c2)C(C)(C)C)C[C@H](C)O1. The van der Waals surface area contributed by atoms with Gasteiger partial charge < -0.3 is 53.7 Å². The summed E-state index contributed by atoms with van der Waals surface area (Å²) in [4.78, 5) is 88.9. The minimum Gasteiger partial charge on any atom is -0.445 e. The third kappa shape index (κ3) is 27.9. The number of morpholine rings is 1. The molecule has 0 spiro atoms. The molecule has 7 heterocycles. The van der Waals surface area contributed by atoms with Crippen LogP contribution in [0.5, 0.6) is 0 Å². The zero-order valence-electron chi connectivity index (χ0n) is 82.0. The van der Waals surface area contributed by atoms with Gasteiger partial charge in [0.2, 0.25) is 0 Å². The molecular weight excluding hydrogens is 1920 g/mol. The number of hydrogen-bond acceptors (Lipinski definition) is 16. The van der Waals surface area contributed by atoms with Crippen molar-refractivity contribution >= 4 is 41.3 Å². The van der Waals surface area contributed by atoms with E-state index in [1.165, 1.54) is 76.1 Å². The van der Waals surface area contributed by atoms with Gasteiger partial charge in [-0.1, -0.05) is 190 Å². The fourth-order valence-electron chi connectivity index (χ4n) is 18.3. The third-order valence-corrected chi connectivity index (χ3v) is 25.4. The Kier molecular flexibility index (Phi) is 34.7. The highest BCUT2D eigenvalue weighted by Gasteiger charge is 2.49. The number of amides is 6. The fourth-order valence-corrected chi connectivity index (χ4v) is 18.5. The van der Waals surface area contributed by atoms with E-state index in [4.69, 9.17) is 35.5 Å². The monoisotopic (exact) mass is 2030 g/mol. The number of aromatic nitrogens is 9. The molecule has 9 aromatic carbocycles. The van der Waals surface area contributed by atoms with Gasteiger partial charge in [0.15, 0.2) is 29.1 Å². The number of halogens is 13. The number of ether oxygens (including phenoxy) is 4. The lowest BCUT2D eigenvalue weighted by atomic mass is 9.84. The number of nitrogens with zero attached hydrogens (tertiary/aromatic N) is 15. The fraction of sp³-hybridized carbons (Fsp3) is 0.393. The van der Waals surface area contributed by atoms with Crippen LogP contribution in [-0.4, -0.2) is 206 Å². The van der Waals surface area contributed by atoms with E-state index in [1.807, 2.05) is 155 Å². The zero-order chi connectivity index (χ0) is 104. The Labute approximate surface area is 837 Å². The molecule has 25 nitrogen and oxygen atoms in total. The second-order valence-electron chi connectivity index (χ2n) is 40.0. The van der Waals surface area contributed by atoms with Gasteiger partial charge >= 0.3 is 29.7 Å². The minimum atomic E-state index is -1.50. The van der Waals surface area contributed by atoms with Crippen molar-refractivity contribution in [1.29, 1.82) is 0 Å². The Morgan fingerprint density at radius 1 is 0.379 bits per heavy atom. The molecule has 0 radical (unpaired) electrons. The molecule has 1 N–H and O–H groups in total. The van der Waals surface area contributed by atoms with Crippen LogP contribution < -0.4 is 5.32 Å². The van der Waals surface area contributed by atoms with Crippen molar-refractivity contribution in [2.24, 2.45) is 34.0 Å². The molecule has 4 saturated heterocycles. The summed E-state index contributed by atoms with van der Waals surface area (Å²) in [6.45, 7) is 20.9. The van der Waals surface area contributed by atoms with E-state index in [2.05, 4.69) is 30.6 Å². The van der Waals surface area contributed by atoms with Crippen LogP contribution in [0.2, 0.25) is 0 Å². The van der Waals surface area contributed by atoms with E-state index in [0.717, 1.165) is 71.3 Å². The summed E-state index contributed by atoms with van der Waals surface area (Å²) in [6, 6.07) is 51.1. The molecule has 11 atom stereocenters. The van der Waals surface area contributed by atoms with Crippen molar-refractivity contribution in [1.82, 2.24) is 79.0 Å². The highest BCUT2D eigenvalue weighted by molar-refractivity contribution is 6.62. The summed E-state index contributed by atoms with van der Waals surface area (Å²) in [6.07, 6.45) is -6.76. The van der Waals surface area contributed by atoms with E-state index < -0.39 is 153 Å². The van der Waals surface area contributed by atoms with Crippen molar-refractivity contribution in [3.8, 4) is 34.2 Å². The number of carbonyl (C=O) groups excluding carboxylic acids is 5. The number of benzene rings is 9. The Bertz CT molecular complexity index is 6470. The first-order valence-corrected chi connectivity index (χ1v) is 47.9. The first-order chi connectivity index (χ1) is 68.9. The molecule has 0 bridgehead atoms. The van der Waals surface area contributed by atoms with Gasteiger partial charge in [-0.2, -0.15) is 15.3 Å². The average molecular weight is 2030 g/mol. The van der Waals surface area contributed by atoms with Gasteiger partial charge in [0.1, 0.15) is 96.5 Å². The van der Waals surface area contributed by atoms with E-state index in [-0.39, 0.29) is 169 Å². The Hall–Kier alpha value is -13.7. The largest absolute Gasteiger partial charge is 0.445 e. The van der Waals surface area contributed by atoms with Crippen molar-refractivity contribution in [3.63, 3.8) is 0 Å². The predicted octanol–water partition coefficient (Wildman–Crippen LogP) is 22.1. The second-order valence-corrected chi connectivity index (χ2v) is 40.4. The van der Waals surface area contributed by atoms with Crippen LogP contribution in [-0.2, 0) is 58.4 Å². The van der Waals surface area contributed by atoms with Crippen molar-refractivity contribution < 1.29 is 95.6 Å². The van der Waals surface area contributed by atoms with Gasteiger partial charge in [0.25, 0.3) is 0 Å². The highest BCUT2D eigenvalue weighted by Crippen LogP contribution is 2.45. The summed E-state index contributed by atoms with van der Waals surface area (Å²) < 4.78 is 203. The maximum atomic E-state index is 16.1. The Balaban J connectivity index is 0.000000173. The molecule has 4 aliphatic heterocycles. The Morgan fingerprint density at radius 3 is 1.03 bits per heavy atom. The summed E-state index contributed by atoms with van der Waals surface area (Å²) >= 11 is 6.18. The topological polar surface area (TPSA) is 246 Å². The highest BCUT2D eigenvalue weighted by atomic mass is 35.5. The molecule has 0 saturated carbocycles. The van der Waals surface area contributed by atoms with E-state index in [1.54, 1.807) is 52.3 Å². The normalized spacial score (nSPS) is 18.6. The summed E-state index contributed by atoms with van der Waals surface area (Å²) in [5.74, 6) is -7.40. The average Bonchev–Trinajstić information content (AvgIpc) is 1.64. The standard InChI is InChI=1S/C40H46F4N6O4.C34H34ClF4N5O3.C33H35F4N5O2/c1-25-18-47(19-26(2)54-25)38(51)49(22-29-21-48(23-34(29)44)39(52)53-24-27-10-7-6-8-11-27)35(40(3,4)5)37-45-36(32-17-31(42)14-15-33(32)43)46-50(37)20-28-12-9-13-30(41)16-28;1-34(2,3)29(43(32(35)45)18-23-17-42(19-28(23)39)33(46)47-20-21-8-5-4-6-9-21)31-40-30(26-15-25(37)12-13-27(26)38)41-44(31)16-22-10-7-11-24(36)14-22;1-33(2,3)29(38-16-23-18-41(19-28(23)37)32(43)44-20-21-8-5-4-6-9-21)31-39-30(26-15-25(35)12-13-27(26)36)40-42(31)17-22-10-7-11-24(34)14-22/h6-17,25-26,29,34-35H,18-24H2,1-5H3;4-15,23,28-29H,16-20H2,1-3H3;4-15,23,28-29,38H,16-20H2,1-3H3/t25-,26+,29-,34-,35-;23-,28-,29-;23-,28+,29+/m001/s1. The lowest BCUT2D eigenvalue weighted by molar-refractivity contribution is -0.0621. The zero-order valence-corrected chi connectivity index (χ0v) is 82.7. The van der Waals surface area contributed by atoms with Crippen molar-refractivity contribution in [2.75, 3.05) is 72.0 Å². The van der Waals surface area contributed by atoms with Gasteiger partial charge in [-0.15, -0.1) is 0 Å². The third-order valence-electron chi connectivity index (χ3n) is 25.2. The number of urea groups is 1. The number of nitrogens with one attached hydrogen (secondary N) is 1. The quantitative estimate of drug-likeness (QED) is 0.0218. The molecule has 4 fully saturated rings. The van der Waals surface area contributed by atoms with Gasteiger partial charge in [-0.3, -0.25) is 4.79 Å². The summed E-state index contributed by atoms with van der Waals surface area (Å²) in [5, 5.41) is 16.1. The molecule has 145 heavy (non-hydrogen) atoms. The van der Waals surface area contributed by atoms with E-state index >= 15 is 17.6 Å². The molecule has 3 aromatic heterocycles. The first kappa shape index (κ1) is 107. The number of alkyl halides is 3. The second kappa shape index (κ2) is 47.0. The molecule has 12 aromatic rings. The lowest BCUT2D eigenvalue weighted by Crippen LogP contribution is -2.56. The summed E-state index contributed by atoms with van der Waals surface area (Å²) in [7, 11) is 0. The number of hydrogen-bond donors (Lipinski definition) is 1. The van der Waals surface area contributed by atoms with Crippen LogP contribution in [0.25, 0.3) is 34.2 Å². The van der Waals surface area contributed by atoms with Crippen molar-refractivity contribution in [3.05, 3.63) is 322 Å². The molecule has 4 aliphatic rings. The molecule has 16 rings (SSSR count). The Morgan fingerprint density at radius 2 is 0.690 bits per heavy atom.